The van der Waals surface area contributed by atoms with Gasteiger partial charge < -0.3 is 14.4 Å². The van der Waals surface area contributed by atoms with Gasteiger partial charge in [0.25, 0.3) is 10.0 Å². The Balaban J connectivity index is 1.80. The van der Waals surface area contributed by atoms with E-state index in [1.807, 2.05) is 13.8 Å². The Bertz CT molecular complexity index is 1740. The van der Waals surface area contributed by atoms with Crippen LogP contribution in [0.15, 0.2) is 64.8 Å². The van der Waals surface area contributed by atoms with Crippen LogP contribution in [0.1, 0.15) is 22.4 Å². The third kappa shape index (κ3) is 5.63. The second-order valence-corrected chi connectivity index (χ2v) is 12.3. The molecule has 2 aromatic heterocycles. The van der Waals surface area contributed by atoms with Gasteiger partial charge in [-0.2, -0.15) is 0 Å². The van der Waals surface area contributed by atoms with E-state index in [9.17, 15) is 17.4 Å². The maximum Gasteiger partial charge on any atom is 0.270 e. The van der Waals surface area contributed by atoms with Gasteiger partial charge in [0.1, 0.15) is 11.5 Å². The van der Waals surface area contributed by atoms with Crippen molar-refractivity contribution in [2.45, 2.75) is 29.7 Å². The minimum atomic E-state index is -4.25. The van der Waals surface area contributed by atoms with Crippen molar-refractivity contribution in [3.63, 3.8) is 0 Å². The van der Waals surface area contributed by atoms with E-state index in [1.54, 1.807) is 63.8 Å². The first kappa shape index (κ1) is 29.0. The van der Waals surface area contributed by atoms with Gasteiger partial charge in [-0.3, -0.25) is 14.0 Å². The predicted octanol–water partition coefficient (Wildman–Crippen LogP) is 3.71. The van der Waals surface area contributed by atoms with Gasteiger partial charge in [-0.25, -0.2) is 17.4 Å². The fraction of sp³-hybridized carbons (Fsp3) is 0.250. The molecule has 0 saturated carbocycles. The molecule has 0 aliphatic heterocycles. The largest absolute Gasteiger partial charge is 0.497 e. The zero-order valence-corrected chi connectivity index (χ0v) is 24.7. The first-order valence-electron chi connectivity index (χ1n) is 12.2. The number of aromatic nitrogens is 3. The molecule has 4 rings (SSSR count). The minimum absolute atomic E-state index is 0.0322. The molecule has 0 spiro atoms. The Labute approximate surface area is 235 Å². The summed E-state index contributed by atoms with van der Waals surface area (Å²) in [4.78, 5) is 22.1. The molecule has 0 aliphatic rings. The van der Waals surface area contributed by atoms with Gasteiger partial charge in [-0.05, 0) is 49.8 Å². The summed E-state index contributed by atoms with van der Waals surface area (Å²) in [6.45, 7) is 3.68. The normalized spacial score (nSPS) is 12.6. The van der Waals surface area contributed by atoms with Crippen molar-refractivity contribution in [3.8, 4) is 11.5 Å². The number of rotatable bonds is 9. The van der Waals surface area contributed by atoms with Crippen LogP contribution >= 0.6 is 0 Å². The lowest BCUT2D eigenvalue weighted by Crippen LogP contribution is -2.18. The summed E-state index contributed by atoms with van der Waals surface area (Å²) in [6.07, 6.45) is 4.63. The molecule has 2 aromatic carbocycles. The van der Waals surface area contributed by atoms with Crippen LogP contribution in [0.4, 0.5) is 0 Å². The highest BCUT2D eigenvalue weighted by molar-refractivity contribution is 7.91. The molecule has 0 bridgehead atoms. The number of methoxy groups -OCH3 is 2. The number of carbonyl (C=O) groups is 1. The number of carbonyl (C=O) groups excluding carboxylic acids is 1. The number of benzene rings is 2. The van der Waals surface area contributed by atoms with Crippen LogP contribution in [0, 0.1) is 13.8 Å². The number of pyridine rings is 1. The lowest BCUT2D eigenvalue weighted by molar-refractivity contribution is -0.123. The highest BCUT2D eigenvalue weighted by Gasteiger charge is 2.28. The van der Waals surface area contributed by atoms with Crippen molar-refractivity contribution in [2.75, 3.05) is 28.3 Å². The fourth-order valence-electron chi connectivity index (χ4n) is 4.09. The van der Waals surface area contributed by atoms with E-state index in [4.69, 9.17) is 9.47 Å². The smallest absolute Gasteiger partial charge is 0.270 e. The van der Waals surface area contributed by atoms with E-state index in [-0.39, 0.29) is 27.2 Å². The average Bonchev–Trinajstić information content (AvgIpc) is 3.33. The molecule has 0 N–H and O–H groups in total. The van der Waals surface area contributed by atoms with Gasteiger partial charge in [0.2, 0.25) is 11.1 Å². The molecule has 0 fully saturated rings. The van der Waals surface area contributed by atoms with E-state index in [0.29, 0.717) is 28.3 Å². The summed E-state index contributed by atoms with van der Waals surface area (Å²) in [6, 6.07) is 10.9. The maximum absolute atomic E-state index is 14.0. The van der Waals surface area contributed by atoms with Crippen LogP contribution in [0.25, 0.3) is 17.1 Å². The Kier molecular flexibility index (Phi) is 8.40. The number of nitrogens with zero attached hydrogens (tertiary/aromatic N) is 4. The molecule has 10 nitrogen and oxygen atoms in total. The van der Waals surface area contributed by atoms with Gasteiger partial charge in [-0.1, -0.05) is 12.1 Å². The predicted molar refractivity (Wildman–Crippen MR) is 153 cm³/mol. The van der Waals surface area contributed by atoms with Crippen molar-refractivity contribution in [3.05, 3.63) is 77.1 Å². The molecule has 40 heavy (non-hydrogen) atoms. The molecule has 4 aromatic rings. The van der Waals surface area contributed by atoms with Gasteiger partial charge in [-0.15, -0.1) is 0 Å². The summed E-state index contributed by atoms with van der Waals surface area (Å²) < 4.78 is 53.5. The number of ether oxygens (including phenoxy) is 2. The number of imidazole rings is 1. The SMILES string of the molecule is COc1ccc2nc(S(=O)Cc3ncc(C)c(OC)c3C)n(S(=O)(=O)c3ccc(C=CC(=O)N(C)C)cc3)c2c1. The second kappa shape index (κ2) is 11.6. The van der Waals surface area contributed by atoms with Crippen LogP contribution in [-0.2, 0) is 31.4 Å². The lowest BCUT2D eigenvalue weighted by atomic mass is 10.1. The van der Waals surface area contributed by atoms with Crippen LogP contribution in [0.2, 0.25) is 0 Å². The van der Waals surface area contributed by atoms with Crippen LogP contribution in [0.3, 0.4) is 0 Å². The zero-order valence-electron chi connectivity index (χ0n) is 23.0. The third-order valence-electron chi connectivity index (χ3n) is 6.29. The highest BCUT2D eigenvalue weighted by Crippen LogP contribution is 2.30. The zero-order chi connectivity index (χ0) is 29.2. The second-order valence-electron chi connectivity index (χ2n) is 9.19. The maximum atomic E-state index is 14.0. The van der Waals surface area contributed by atoms with Gasteiger partial charge >= 0.3 is 0 Å². The van der Waals surface area contributed by atoms with E-state index in [0.717, 1.165) is 15.1 Å². The van der Waals surface area contributed by atoms with E-state index < -0.39 is 20.8 Å². The molecular formula is C28H30N4O6S2. The van der Waals surface area contributed by atoms with Crippen molar-refractivity contribution >= 4 is 43.8 Å². The van der Waals surface area contributed by atoms with Gasteiger partial charge in [0.05, 0.1) is 52.4 Å². The first-order valence-corrected chi connectivity index (χ1v) is 14.9. The Morgan fingerprint density at radius 2 is 1.77 bits per heavy atom. The number of fused-ring (bicyclic) bond motifs is 1. The van der Waals surface area contributed by atoms with Crippen LogP contribution in [-0.4, -0.2) is 65.7 Å². The minimum Gasteiger partial charge on any atom is -0.497 e. The number of aryl methyl sites for hydroxylation is 1. The summed E-state index contributed by atoms with van der Waals surface area (Å²) in [5, 5.41) is -0.135. The molecule has 2 heterocycles. The summed E-state index contributed by atoms with van der Waals surface area (Å²) >= 11 is 0. The molecule has 12 heteroatoms. The van der Waals surface area contributed by atoms with E-state index in [2.05, 4.69) is 9.97 Å². The summed E-state index contributed by atoms with van der Waals surface area (Å²) in [7, 11) is 0.170. The lowest BCUT2D eigenvalue weighted by Gasteiger charge is -2.13. The van der Waals surface area contributed by atoms with Gasteiger partial charge in [0.15, 0.2) is 0 Å². The Morgan fingerprint density at radius 3 is 2.40 bits per heavy atom. The average molecular weight is 583 g/mol. The summed E-state index contributed by atoms with van der Waals surface area (Å²) in [5.74, 6) is 0.795. The quantitative estimate of drug-likeness (QED) is 0.274. The van der Waals surface area contributed by atoms with Crippen molar-refractivity contribution in [1.82, 2.24) is 18.8 Å². The van der Waals surface area contributed by atoms with Crippen molar-refractivity contribution < 1.29 is 26.9 Å². The molecule has 1 unspecified atom stereocenters. The van der Waals surface area contributed by atoms with Crippen LogP contribution < -0.4 is 9.47 Å². The number of hydrogen-bond acceptors (Lipinski definition) is 8. The molecular weight excluding hydrogens is 552 g/mol. The molecule has 1 amide bonds. The van der Waals surface area contributed by atoms with Crippen molar-refractivity contribution in [1.29, 1.82) is 0 Å². The first-order chi connectivity index (χ1) is 19.0. The molecule has 210 valence electrons. The number of amides is 1. The Morgan fingerprint density at radius 1 is 1.07 bits per heavy atom. The Hall–Kier alpha value is -4.03. The van der Waals surface area contributed by atoms with Crippen molar-refractivity contribution in [2.24, 2.45) is 0 Å². The third-order valence-corrected chi connectivity index (χ3v) is 9.34. The van der Waals surface area contributed by atoms with Crippen LogP contribution in [0.5, 0.6) is 11.5 Å². The van der Waals surface area contributed by atoms with Gasteiger partial charge in [0, 0.05) is 43.6 Å². The molecule has 0 radical (unpaired) electrons. The molecule has 0 aliphatic carbocycles. The van der Waals surface area contributed by atoms with E-state index >= 15 is 0 Å². The number of hydrogen-bond donors (Lipinski definition) is 0. The molecule has 1 atom stereocenters. The fourth-order valence-corrected chi connectivity index (χ4v) is 7.13. The number of likely N-dealkylation sites (N-methyl/N-ethyl adjacent to an activating group) is 1. The van der Waals surface area contributed by atoms with E-state index in [1.165, 1.54) is 30.2 Å². The monoisotopic (exact) mass is 582 g/mol. The topological polar surface area (TPSA) is 121 Å². The summed E-state index contributed by atoms with van der Waals surface area (Å²) in [5.41, 5.74) is 3.29. The highest BCUT2D eigenvalue weighted by atomic mass is 32.2. The molecule has 0 saturated heterocycles. The standard InChI is InChI=1S/C28H30N4O6S2/c1-18-16-29-24(19(2)27(18)38-6)17-39(34)28-30-23-13-10-21(37-5)15-25(23)32(28)40(35,36)22-11-7-20(8-12-22)9-14-26(33)31(3)4/h7-16H,17H2,1-6H3.